The van der Waals surface area contributed by atoms with Gasteiger partial charge in [0.15, 0.2) is 0 Å². The molecule has 1 heterocycles. The third kappa shape index (κ3) is 3.27. The summed E-state index contributed by atoms with van der Waals surface area (Å²) in [7, 11) is 1.92. The first-order chi connectivity index (χ1) is 9.47. The minimum absolute atomic E-state index is 0.200. The van der Waals surface area contributed by atoms with Crippen molar-refractivity contribution in [2.45, 2.75) is 13.5 Å². The van der Waals surface area contributed by atoms with E-state index in [0.29, 0.717) is 11.6 Å². The van der Waals surface area contributed by atoms with E-state index in [9.17, 15) is 4.79 Å². The van der Waals surface area contributed by atoms with Crippen molar-refractivity contribution in [2.24, 2.45) is 0 Å². The van der Waals surface area contributed by atoms with Crippen LogP contribution in [0.2, 0.25) is 5.02 Å². The largest absolute Gasteiger partial charge is 0.478 e. The van der Waals surface area contributed by atoms with Crippen LogP contribution in [0, 0.1) is 6.92 Å². The maximum atomic E-state index is 10.9. The van der Waals surface area contributed by atoms with Gasteiger partial charge >= 0.3 is 5.97 Å². The summed E-state index contributed by atoms with van der Waals surface area (Å²) in [6.07, 6.45) is 1.38. The Kier molecular flexibility index (Phi) is 4.25. The third-order valence-electron chi connectivity index (χ3n) is 2.99. The lowest BCUT2D eigenvalue weighted by Crippen LogP contribution is -2.19. The first-order valence-corrected chi connectivity index (χ1v) is 6.50. The minimum atomic E-state index is -0.965. The van der Waals surface area contributed by atoms with Crippen LogP contribution in [0.3, 0.4) is 0 Å². The van der Waals surface area contributed by atoms with Crippen LogP contribution in [-0.4, -0.2) is 23.1 Å². The quantitative estimate of drug-likeness (QED) is 0.938. The lowest BCUT2D eigenvalue weighted by Gasteiger charge is -2.20. The number of benzene rings is 1. The van der Waals surface area contributed by atoms with E-state index in [1.165, 1.54) is 6.20 Å². The summed E-state index contributed by atoms with van der Waals surface area (Å²) in [5, 5.41) is 9.64. The van der Waals surface area contributed by atoms with Crippen LogP contribution in [-0.2, 0) is 6.54 Å². The van der Waals surface area contributed by atoms with Gasteiger partial charge in [0.25, 0.3) is 0 Å². The van der Waals surface area contributed by atoms with Gasteiger partial charge in [0.1, 0.15) is 5.82 Å². The summed E-state index contributed by atoms with van der Waals surface area (Å²) in [6.45, 7) is 2.53. The van der Waals surface area contributed by atoms with Gasteiger partial charge < -0.3 is 10.0 Å². The summed E-state index contributed by atoms with van der Waals surface area (Å²) in [5.74, 6) is -0.197. The van der Waals surface area contributed by atoms with Crippen LogP contribution in [0.25, 0.3) is 0 Å². The lowest BCUT2D eigenvalue weighted by atomic mass is 10.1. The number of hydrogen-bond acceptors (Lipinski definition) is 3. The Morgan fingerprint density at radius 2 is 2.00 bits per heavy atom. The van der Waals surface area contributed by atoms with E-state index >= 15 is 0 Å². The molecule has 0 spiro atoms. The minimum Gasteiger partial charge on any atom is -0.478 e. The van der Waals surface area contributed by atoms with Crippen LogP contribution in [0.15, 0.2) is 36.5 Å². The average Bonchev–Trinajstić information content (AvgIpc) is 2.41. The van der Waals surface area contributed by atoms with Gasteiger partial charge in [-0.2, -0.15) is 0 Å². The highest BCUT2D eigenvalue weighted by molar-refractivity contribution is 6.30. The van der Waals surface area contributed by atoms with Crippen LogP contribution in [0.4, 0.5) is 5.82 Å². The van der Waals surface area contributed by atoms with Gasteiger partial charge in [0.05, 0.1) is 5.56 Å². The molecule has 0 saturated carbocycles. The third-order valence-corrected chi connectivity index (χ3v) is 3.24. The molecule has 0 amide bonds. The molecule has 0 bridgehead atoms. The number of anilines is 1. The molecule has 1 aromatic heterocycles. The zero-order chi connectivity index (χ0) is 14.7. The topological polar surface area (TPSA) is 53.4 Å². The fraction of sp³-hybridized carbons (Fsp3) is 0.200. The van der Waals surface area contributed by atoms with Gasteiger partial charge in [-0.25, -0.2) is 9.78 Å². The van der Waals surface area contributed by atoms with Crippen LogP contribution >= 0.6 is 11.6 Å². The van der Waals surface area contributed by atoms with Crippen LogP contribution in [0.5, 0.6) is 0 Å². The Hall–Kier alpha value is -2.07. The number of nitrogens with zero attached hydrogens (tertiary/aromatic N) is 2. The second-order valence-corrected chi connectivity index (χ2v) is 5.09. The smallest absolute Gasteiger partial charge is 0.337 e. The molecule has 0 aliphatic carbocycles. The van der Waals surface area contributed by atoms with Crippen molar-refractivity contribution >= 4 is 23.4 Å². The zero-order valence-corrected chi connectivity index (χ0v) is 12.1. The van der Waals surface area contributed by atoms with E-state index < -0.39 is 5.97 Å². The molecule has 0 fully saturated rings. The molecule has 0 aliphatic heterocycles. The van der Waals surface area contributed by atoms with E-state index in [1.54, 1.807) is 6.07 Å². The molecule has 0 unspecified atom stereocenters. The maximum Gasteiger partial charge on any atom is 0.337 e. The summed E-state index contributed by atoms with van der Waals surface area (Å²) in [4.78, 5) is 17.1. The number of carboxylic acid groups (broad SMARTS) is 1. The summed E-state index contributed by atoms with van der Waals surface area (Å²) in [5.41, 5.74) is 2.15. The molecule has 0 radical (unpaired) electrons. The van der Waals surface area contributed by atoms with Crippen molar-refractivity contribution in [3.63, 3.8) is 0 Å². The number of hydrogen-bond donors (Lipinski definition) is 1. The predicted octanol–water partition coefficient (Wildman–Crippen LogP) is 3.38. The Morgan fingerprint density at radius 3 is 2.55 bits per heavy atom. The van der Waals surface area contributed by atoms with Crippen LogP contribution in [0.1, 0.15) is 21.5 Å². The standard InChI is InChI=1S/C15H15ClN2O2/c1-10-7-12(15(19)20)8-17-14(10)18(2)9-11-3-5-13(16)6-4-11/h3-8H,9H2,1-2H3,(H,19,20). The van der Waals surface area contributed by atoms with Crippen molar-refractivity contribution in [2.75, 3.05) is 11.9 Å². The number of carboxylic acids is 1. The molecule has 2 rings (SSSR count). The second-order valence-electron chi connectivity index (χ2n) is 4.65. The number of aryl methyl sites for hydroxylation is 1. The number of aromatic carboxylic acids is 1. The zero-order valence-electron chi connectivity index (χ0n) is 11.3. The molecule has 20 heavy (non-hydrogen) atoms. The Balaban J connectivity index is 2.18. The van der Waals surface area contributed by atoms with E-state index in [-0.39, 0.29) is 5.56 Å². The number of halogens is 1. The highest BCUT2D eigenvalue weighted by Gasteiger charge is 2.10. The van der Waals surface area contributed by atoms with Gasteiger partial charge in [0.2, 0.25) is 0 Å². The van der Waals surface area contributed by atoms with Crippen molar-refractivity contribution in [3.8, 4) is 0 Å². The first-order valence-electron chi connectivity index (χ1n) is 6.13. The van der Waals surface area contributed by atoms with Gasteiger partial charge in [-0.05, 0) is 36.2 Å². The van der Waals surface area contributed by atoms with Gasteiger partial charge in [-0.15, -0.1) is 0 Å². The van der Waals surface area contributed by atoms with E-state index in [2.05, 4.69) is 4.98 Å². The fourth-order valence-electron chi connectivity index (χ4n) is 2.02. The first kappa shape index (κ1) is 14.3. The Labute approximate surface area is 122 Å². The second kappa shape index (κ2) is 5.92. The summed E-state index contributed by atoms with van der Waals surface area (Å²) in [6, 6.07) is 9.24. The molecule has 1 aromatic carbocycles. The van der Waals surface area contributed by atoms with Crippen molar-refractivity contribution in [1.82, 2.24) is 4.98 Å². The molecule has 0 atom stereocenters. The molecule has 0 aliphatic rings. The molecular formula is C15H15ClN2O2. The Bertz CT molecular complexity index is 626. The molecule has 1 N–H and O–H groups in total. The lowest BCUT2D eigenvalue weighted by molar-refractivity contribution is 0.0696. The highest BCUT2D eigenvalue weighted by atomic mass is 35.5. The van der Waals surface area contributed by atoms with E-state index in [0.717, 1.165) is 16.9 Å². The normalized spacial score (nSPS) is 10.3. The molecular weight excluding hydrogens is 276 g/mol. The number of rotatable bonds is 4. The predicted molar refractivity (Wildman–Crippen MR) is 79.5 cm³/mol. The fourth-order valence-corrected chi connectivity index (χ4v) is 2.15. The summed E-state index contributed by atoms with van der Waals surface area (Å²) >= 11 is 5.86. The number of aromatic nitrogens is 1. The highest BCUT2D eigenvalue weighted by Crippen LogP contribution is 2.19. The molecule has 0 saturated heterocycles. The molecule has 4 nitrogen and oxygen atoms in total. The molecule has 5 heteroatoms. The monoisotopic (exact) mass is 290 g/mol. The maximum absolute atomic E-state index is 10.9. The number of pyridine rings is 1. The van der Waals surface area contributed by atoms with E-state index in [4.69, 9.17) is 16.7 Å². The van der Waals surface area contributed by atoms with Crippen molar-refractivity contribution in [3.05, 3.63) is 58.2 Å². The van der Waals surface area contributed by atoms with Crippen molar-refractivity contribution in [1.29, 1.82) is 0 Å². The van der Waals surface area contributed by atoms with Gasteiger partial charge in [-0.3, -0.25) is 0 Å². The van der Waals surface area contributed by atoms with E-state index in [1.807, 2.05) is 43.1 Å². The average molecular weight is 291 g/mol. The van der Waals surface area contributed by atoms with Crippen molar-refractivity contribution < 1.29 is 9.90 Å². The SMILES string of the molecule is Cc1cc(C(=O)O)cnc1N(C)Cc1ccc(Cl)cc1. The Morgan fingerprint density at radius 1 is 1.35 bits per heavy atom. The molecule has 2 aromatic rings. The van der Waals surface area contributed by atoms with Gasteiger partial charge in [-0.1, -0.05) is 23.7 Å². The molecule has 104 valence electrons. The van der Waals surface area contributed by atoms with Gasteiger partial charge in [0, 0.05) is 24.8 Å². The number of carbonyl (C=O) groups is 1. The van der Waals surface area contributed by atoms with Crippen LogP contribution < -0.4 is 4.90 Å². The summed E-state index contributed by atoms with van der Waals surface area (Å²) < 4.78 is 0.